The van der Waals surface area contributed by atoms with E-state index >= 15 is 0 Å². The maximum atomic E-state index is 12.5. The fourth-order valence-electron chi connectivity index (χ4n) is 2.59. The van der Waals surface area contributed by atoms with E-state index in [2.05, 4.69) is 26.6 Å². The summed E-state index contributed by atoms with van der Waals surface area (Å²) in [5, 5.41) is 5.38. The topological polar surface area (TPSA) is 97.0 Å². The maximum Gasteiger partial charge on any atom is 0.308 e. The molecule has 1 heterocycles. The zero-order valence-electron chi connectivity index (χ0n) is 14.9. The quantitative estimate of drug-likeness (QED) is 0.506. The van der Waals surface area contributed by atoms with Crippen LogP contribution < -0.4 is 15.4 Å². The van der Waals surface area contributed by atoms with E-state index in [1.807, 2.05) is 0 Å². The van der Waals surface area contributed by atoms with Gasteiger partial charge in [0, 0.05) is 18.7 Å². The van der Waals surface area contributed by atoms with Gasteiger partial charge < -0.3 is 19.7 Å². The summed E-state index contributed by atoms with van der Waals surface area (Å²) in [7, 11) is 1.53. The van der Waals surface area contributed by atoms with Crippen LogP contribution >= 0.6 is 28.1 Å². The Labute approximate surface area is 170 Å². The van der Waals surface area contributed by atoms with Gasteiger partial charge in [-0.05, 0) is 53.3 Å². The SMILES string of the molecule is CCOC(=O)CC1C(=O)NCCN1C(=S)NC(=O)c1ccc(OC)c(Br)c1. The Morgan fingerprint density at radius 2 is 2.19 bits per heavy atom. The number of rotatable bonds is 5. The second-order valence-corrected chi connectivity index (χ2v) is 6.86. The average Bonchev–Trinajstić information content (AvgIpc) is 2.63. The van der Waals surface area contributed by atoms with Crippen LogP contribution in [0.25, 0.3) is 0 Å². The molecule has 2 N–H and O–H groups in total. The van der Waals surface area contributed by atoms with Crippen molar-refractivity contribution in [1.82, 2.24) is 15.5 Å². The monoisotopic (exact) mass is 457 g/mol. The Hall–Kier alpha value is -2.20. The molecule has 146 valence electrons. The van der Waals surface area contributed by atoms with Crippen molar-refractivity contribution in [3.05, 3.63) is 28.2 Å². The molecule has 1 aromatic rings. The standard InChI is InChI=1S/C17H20BrN3O5S/c1-3-26-14(22)9-12-16(24)19-6-7-21(12)17(27)20-15(23)10-4-5-13(25-2)11(18)8-10/h4-5,8,12H,3,6-7,9H2,1-2H3,(H,19,24)(H,20,23,27). The van der Waals surface area contributed by atoms with Crippen molar-refractivity contribution >= 4 is 51.0 Å². The Balaban J connectivity index is 2.09. The summed E-state index contributed by atoms with van der Waals surface area (Å²) in [5.74, 6) is -0.670. The molecule has 1 aliphatic rings. The van der Waals surface area contributed by atoms with Gasteiger partial charge in [0.2, 0.25) is 5.91 Å². The summed E-state index contributed by atoms with van der Waals surface area (Å²) in [6.45, 7) is 2.65. The first-order valence-electron chi connectivity index (χ1n) is 8.26. The summed E-state index contributed by atoms with van der Waals surface area (Å²) in [6.07, 6.45) is -0.149. The molecule has 1 fully saturated rings. The van der Waals surface area contributed by atoms with Crippen LogP contribution in [-0.2, 0) is 14.3 Å². The van der Waals surface area contributed by atoms with Gasteiger partial charge in [0.05, 0.1) is 24.6 Å². The van der Waals surface area contributed by atoms with Gasteiger partial charge in [-0.3, -0.25) is 19.7 Å². The van der Waals surface area contributed by atoms with Crippen molar-refractivity contribution in [1.29, 1.82) is 0 Å². The van der Waals surface area contributed by atoms with Crippen LogP contribution in [0.1, 0.15) is 23.7 Å². The molecule has 2 amide bonds. The summed E-state index contributed by atoms with van der Waals surface area (Å²) in [6, 6.07) is 4.03. The number of carbonyl (C=O) groups is 3. The summed E-state index contributed by atoms with van der Waals surface area (Å²) < 4.78 is 10.7. The van der Waals surface area contributed by atoms with Crippen LogP contribution in [0.15, 0.2) is 22.7 Å². The lowest BCUT2D eigenvalue weighted by Gasteiger charge is -2.36. The number of ether oxygens (including phenoxy) is 2. The molecule has 1 saturated heterocycles. The summed E-state index contributed by atoms with van der Waals surface area (Å²) in [5.41, 5.74) is 0.369. The number of piperazine rings is 1. The van der Waals surface area contributed by atoms with E-state index in [1.54, 1.807) is 25.1 Å². The number of nitrogens with one attached hydrogen (secondary N) is 2. The molecule has 0 radical (unpaired) electrons. The molecule has 1 atom stereocenters. The third-order valence-corrected chi connectivity index (χ3v) is 4.85. The predicted molar refractivity (Wildman–Crippen MR) is 106 cm³/mol. The summed E-state index contributed by atoms with van der Waals surface area (Å²) >= 11 is 8.63. The summed E-state index contributed by atoms with van der Waals surface area (Å²) in [4.78, 5) is 38.0. The number of benzene rings is 1. The lowest BCUT2D eigenvalue weighted by atomic mass is 10.1. The molecule has 1 aliphatic heterocycles. The van der Waals surface area contributed by atoms with Crippen molar-refractivity contribution in [3.8, 4) is 5.75 Å². The third kappa shape index (κ3) is 5.39. The van der Waals surface area contributed by atoms with Gasteiger partial charge in [0.1, 0.15) is 11.8 Å². The van der Waals surface area contributed by atoms with E-state index in [-0.39, 0.29) is 24.0 Å². The fraction of sp³-hybridized carbons (Fsp3) is 0.412. The predicted octanol–water partition coefficient (Wildman–Crippen LogP) is 1.23. The maximum absolute atomic E-state index is 12.5. The average molecular weight is 458 g/mol. The molecule has 8 nitrogen and oxygen atoms in total. The van der Waals surface area contributed by atoms with Gasteiger partial charge in [-0.25, -0.2) is 0 Å². The highest BCUT2D eigenvalue weighted by Gasteiger charge is 2.34. The van der Waals surface area contributed by atoms with Crippen molar-refractivity contribution in [3.63, 3.8) is 0 Å². The van der Waals surface area contributed by atoms with Crippen LogP contribution in [0.4, 0.5) is 0 Å². The second kappa shape index (κ2) is 9.65. The number of hydrogen-bond donors (Lipinski definition) is 2. The molecule has 1 unspecified atom stereocenters. The van der Waals surface area contributed by atoms with Crippen LogP contribution in [0.5, 0.6) is 5.75 Å². The number of nitrogens with zero attached hydrogens (tertiary/aromatic N) is 1. The van der Waals surface area contributed by atoms with E-state index < -0.39 is 17.9 Å². The van der Waals surface area contributed by atoms with Crippen molar-refractivity contribution in [2.45, 2.75) is 19.4 Å². The fourth-order valence-corrected chi connectivity index (χ4v) is 3.44. The second-order valence-electron chi connectivity index (χ2n) is 5.62. The minimum atomic E-state index is -0.826. The Morgan fingerprint density at radius 3 is 2.81 bits per heavy atom. The Morgan fingerprint density at radius 1 is 1.44 bits per heavy atom. The van der Waals surface area contributed by atoms with Crippen molar-refractivity contribution in [2.24, 2.45) is 0 Å². The van der Waals surface area contributed by atoms with Gasteiger partial charge in [-0.2, -0.15) is 0 Å². The first kappa shape index (κ1) is 21.1. The minimum Gasteiger partial charge on any atom is -0.496 e. The highest BCUT2D eigenvalue weighted by molar-refractivity contribution is 9.10. The molecule has 2 rings (SSSR count). The van der Waals surface area contributed by atoms with Crippen LogP contribution in [0.2, 0.25) is 0 Å². The highest BCUT2D eigenvalue weighted by atomic mass is 79.9. The zero-order chi connectivity index (χ0) is 20.0. The van der Waals surface area contributed by atoms with Gasteiger partial charge in [0.25, 0.3) is 5.91 Å². The molecule has 27 heavy (non-hydrogen) atoms. The molecule has 1 aromatic carbocycles. The molecule has 0 aromatic heterocycles. The Kier molecular flexibility index (Phi) is 7.55. The minimum absolute atomic E-state index is 0.0797. The molecule has 0 saturated carbocycles. The smallest absolute Gasteiger partial charge is 0.308 e. The van der Waals surface area contributed by atoms with Crippen molar-refractivity contribution < 1.29 is 23.9 Å². The molecule has 0 bridgehead atoms. The lowest BCUT2D eigenvalue weighted by Crippen LogP contribution is -2.60. The number of amides is 2. The number of halogens is 1. The first-order valence-corrected chi connectivity index (χ1v) is 9.46. The van der Waals surface area contributed by atoms with Gasteiger partial charge in [-0.15, -0.1) is 0 Å². The van der Waals surface area contributed by atoms with Gasteiger partial charge >= 0.3 is 5.97 Å². The van der Waals surface area contributed by atoms with E-state index in [0.29, 0.717) is 28.9 Å². The van der Waals surface area contributed by atoms with E-state index in [4.69, 9.17) is 21.7 Å². The van der Waals surface area contributed by atoms with Crippen molar-refractivity contribution in [2.75, 3.05) is 26.8 Å². The van der Waals surface area contributed by atoms with Crippen LogP contribution in [0.3, 0.4) is 0 Å². The van der Waals surface area contributed by atoms with Gasteiger partial charge in [-0.1, -0.05) is 0 Å². The molecule has 0 aliphatic carbocycles. The molecule has 0 spiro atoms. The normalized spacial score (nSPS) is 16.3. The number of esters is 1. The number of carbonyl (C=O) groups excluding carboxylic acids is 3. The van der Waals surface area contributed by atoms with Crippen LogP contribution in [-0.4, -0.2) is 60.6 Å². The molecular formula is C17H20BrN3O5S. The van der Waals surface area contributed by atoms with E-state index in [1.165, 1.54) is 12.0 Å². The number of thiocarbonyl (C=S) groups is 1. The first-order chi connectivity index (χ1) is 12.9. The van der Waals surface area contributed by atoms with Crippen LogP contribution in [0, 0.1) is 0 Å². The molecule has 10 heteroatoms. The number of hydrogen-bond acceptors (Lipinski definition) is 6. The zero-order valence-corrected chi connectivity index (χ0v) is 17.3. The highest BCUT2D eigenvalue weighted by Crippen LogP contribution is 2.25. The lowest BCUT2D eigenvalue weighted by molar-refractivity contribution is -0.147. The molecular weight excluding hydrogens is 438 g/mol. The third-order valence-electron chi connectivity index (χ3n) is 3.89. The van der Waals surface area contributed by atoms with E-state index in [9.17, 15) is 14.4 Å². The largest absolute Gasteiger partial charge is 0.496 e. The number of methoxy groups -OCH3 is 1. The van der Waals surface area contributed by atoms with Gasteiger partial charge in [0.15, 0.2) is 5.11 Å². The Bertz CT molecular complexity index is 758. The van der Waals surface area contributed by atoms with E-state index in [0.717, 1.165) is 0 Å².